The summed E-state index contributed by atoms with van der Waals surface area (Å²) in [5.41, 5.74) is 3.03. The predicted molar refractivity (Wildman–Crippen MR) is 55.3 cm³/mol. The standard InChI is InChI=1S/C11H12F3NO2/c1-2-8-3-5-9(6-4-8)10(16)15-17-7-11(12,13)14/h3-6H,2,7H2,1H3,(H,15,16). The number of hydrogen-bond donors (Lipinski definition) is 1. The van der Waals surface area contributed by atoms with Crippen molar-refractivity contribution >= 4 is 5.91 Å². The summed E-state index contributed by atoms with van der Waals surface area (Å²) in [7, 11) is 0. The highest BCUT2D eigenvalue weighted by molar-refractivity contribution is 5.93. The largest absolute Gasteiger partial charge is 0.414 e. The second-order valence-corrected chi connectivity index (χ2v) is 3.39. The van der Waals surface area contributed by atoms with Gasteiger partial charge in [0.25, 0.3) is 5.91 Å². The number of nitrogens with one attached hydrogen (secondary N) is 1. The molecule has 3 nitrogen and oxygen atoms in total. The molecular weight excluding hydrogens is 235 g/mol. The number of carbonyl (C=O) groups excluding carboxylic acids is 1. The van der Waals surface area contributed by atoms with Crippen LogP contribution >= 0.6 is 0 Å². The normalized spacial score (nSPS) is 11.3. The van der Waals surface area contributed by atoms with E-state index in [1.54, 1.807) is 17.6 Å². The van der Waals surface area contributed by atoms with Crippen LogP contribution in [0.1, 0.15) is 22.8 Å². The first-order valence-electron chi connectivity index (χ1n) is 5.00. The van der Waals surface area contributed by atoms with Gasteiger partial charge in [-0.05, 0) is 24.1 Å². The van der Waals surface area contributed by atoms with Crippen LogP contribution in [0.15, 0.2) is 24.3 Å². The molecule has 0 aliphatic rings. The quantitative estimate of drug-likeness (QED) is 0.830. The molecule has 1 N–H and O–H groups in total. The summed E-state index contributed by atoms with van der Waals surface area (Å²) in [6.07, 6.45) is -3.63. The molecular formula is C11H12F3NO2. The average molecular weight is 247 g/mol. The van der Waals surface area contributed by atoms with Gasteiger partial charge < -0.3 is 0 Å². The molecule has 0 heterocycles. The van der Waals surface area contributed by atoms with Crippen molar-refractivity contribution in [1.29, 1.82) is 0 Å². The zero-order chi connectivity index (χ0) is 12.9. The minimum Gasteiger partial charge on any atom is -0.267 e. The maximum Gasteiger partial charge on any atom is 0.414 e. The van der Waals surface area contributed by atoms with E-state index >= 15 is 0 Å². The van der Waals surface area contributed by atoms with E-state index in [2.05, 4.69) is 4.84 Å². The lowest BCUT2D eigenvalue weighted by Gasteiger charge is -2.08. The molecule has 0 bridgehead atoms. The van der Waals surface area contributed by atoms with Gasteiger partial charge in [0.15, 0.2) is 6.61 Å². The molecule has 0 atom stereocenters. The highest BCUT2D eigenvalue weighted by Crippen LogP contribution is 2.13. The number of carbonyl (C=O) groups is 1. The summed E-state index contributed by atoms with van der Waals surface area (Å²) in [5, 5.41) is 0. The van der Waals surface area contributed by atoms with Crippen molar-refractivity contribution in [3.8, 4) is 0 Å². The lowest BCUT2D eigenvalue weighted by atomic mass is 10.1. The Labute approximate surface area is 96.5 Å². The molecule has 94 valence electrons. The SMILES string of the molecule is CCc1ccc(C(=O)NOCC(F)(F)F)cc1. The van der Waals surface area contributed by atoms with Crippen LogP contribution in [0.3, 0.4) is 0 Å². The summed E-state index contributed by atoms with van der Waals surface area (Å²) >= 11 is 0. The number of alkyl halides is 3. The van der Waals surface area contributed by atoms with Crippen LogP contribution in [-0.4, -0.2) is 18.7 Å². The fourth-order valence-electron chi connectivity index (χ4n) is 1.13. The van der Waals surface area contributed by atoms with Crippen LogP contribution in [0.25, 0.3) is 0 Å². The number of amides is 1. The highest BCUT2D eigenvalue weighted by atomic mass is 19.4. The molecule has 0 saturated carbocycles. The Kier molecular flexibility index (Phi) is 4.51. The van der Waals surface area contributed by atoms with E-state index in [4.69, 9.17) is 0 Å². The lowest BCUT2D eigenvalue weighted by molar-refractivity contribution is -0.184. The van der Waals surface area contributed by atoms with Gasteiger partial charge in [-0.25, -0.2) is 5.48 Å². The zero-order valence-corrected chi connectivity index (χ0v) is 9.17. The second-order valence-electron chi connectivity index (χ2n) is 3.39. The topological polar surface area (TPSA) is 38.3 Å². The molecule has 0 saturated heterocycles. The first-order valence-corrected chi connectivity index (χ1v) is 5.00. The smallest absolute Gasteiger partial charge is 0.267 e. The van der Waals surface area contributed by atoms with E-state index in [1.165, 1.54) is 12.1 Å². The summed E-state index contributed by atoms with van der Waals surface area (Å²) in [6, 6.07) is 6.54. The molecule has 6 heteroatoms. The fraction of sp³-hybridized carbons (Fsp3) is 0.364. The molecule has 17 heavy (non-hydrogen) atoms. The third-order valence-corrected chi connectivity index (χ3v) is 2.03. The Morgan fingerprint density at radius 3 is 2.35 bits per heavy atom. The summed E-state index contributed by atoms with van der Waals surface area (Å²) in [5.74, 6) is -0.697. The molecule has 0 spiro atoms. The average Bonchev–Trinajstić information content (AvgIpc) is 2.27. The number of benzene rings is 1. The number of hydrogen-bond acceptors (Lipinski definition) is 2. The van der Waals surface area contributed by atoms with Crippen LogP contribution in [0, 0.1) is 0 Å². The monoisotopic (exact) mass is 247 g/mol. The molecule has 0 aromatic heterocycles. The molecule has 0 radical (unpaired) electrons. The number of halogens is 3. The first-order chi connectivity index (χ1) is 7.92. The zero-order valence-electron chi connectivity index (χ0n) is 9.17. The van der Waals surface area contributed by atoms with Gasteiger partial charge in [0, 0.05) is 5.56 Å². The van der Waals surface area contributed by atoms with E-state index in [1.807, 2.05) is 6.92 Å². The molecule has 1 aromatic carbocycles. The van der Waals surface area contributed by atoms with Crippen molar-refractivity contribution in [3.63, 3.8) is 0 Å². The van der Waals surface area contributed by atoms with Crippen molar-refractivity contribution in [3.05, 3.63) is 35.4 Å². The second kappa shape index (κ2) is 5.67. The Hall–Kier alpha value is -1.56. The predicted octanol–water partition coefficient (Wildman–Crippen LogP) is 2.47. The van der Waals surface area contributed by atoms with Gasteiger partial charge in [-0.1, -0.05) is 19.1 Å². The molecule has 0 fully saturated rings. The Morgan fingerprint density at radius 1 is 1.29 bits per heavy atom. The molecule has 0 unspecified atom stereocenters. The summed E-state index contributed by atoms with van der Waals surface area (Å²) < 4.78 is 35.2. The first kappa shape index (κ1) is 13.5. The Bertz CT molecular complexity index is 373. The summed E-state index contributed by atoms with van der Waals surface area (Å²) in [6.45, 7) is 0.452. The van der Waals surface area contributed by atoms with Crippen molar-refractivity contribution in [2.75, 3.05) is 6.61 Å². The van der Waals surface area contributed by atoms with Gasteiger partial charge in [0.2, 0.25) is 0 Å². The van der Waals surface area contributed by atoms with Crippen molar-refractivity contribution in [2.45, 2.75) is 19.5 Å². The van der Waals surface area contributed by atoms with Gasteiger partial charge in [0.05, 0.1) is 0 Å². The van der Waals surface area contributed by atoms with E-state index in [-0.39, 0.29) is 5.56 Å². The highest BCUT2D eigenvalue weighted by Gasteiger charge is 2.28. The third kappa shape index (κ3) is 4.86. The van der Waals surface area contributed by atoms with Crippen LogP contribution < -0.4 is 5.48 Å². The van der Waals surface area contributed by atoms with Crippen LogP contribution in [-0.2, 0) is 11.3 Å². The summed E-state index contributed by atoms with van der Waals surface area (Å²) in [4.78, 5) is 15.4. The molecule has 1 rings (SSSR count). The minimum atomic E-state index is -4.46. The van der Waals surface area contributed by atoms with Gasteiger partial charge in [-0.2, -0.15) is 13.2 Å². The lowest BCUT2D eigenvalue weighted by Crippen LogP contribution is -2.29. The minimum absolute atomic E-state index is 0.254. The number of rotatable bonds is 4. The fourth-order valence-corrected chi connectivity index (χ4v) is 1.13. The van der Waals surface area contributed by atoms with Crippen LogP contribution in [0.5, 0.6) is 0 Å². The molecule has 1 aromatic rings. The van der Waals surface area contributed by atoms with Gasteiger partial charge >= 0.3 is 6.18 Å². The van der Waals surface area contributed by atoms with Crippen LogP contribution in [0.4, 0.5) is 13.2 Å². The Balaban J connectivity index is 2.47. The maximum atomic E-state index is 11.7. The van der Waals surface area contributed by atoms with E-state index in [0.717, 1.165) is 12.0 Å². The van der Waals surface area contributed by atoms with Crippen molar-refractivity contribution in [1.82, 2.24) is 5.48 Å². The van der Waals surface area contributed by atoms with E-state index < -0.39 is 18.7 Å². The number of hydroxylamine groups is 1. The van der Waals surface area contributed by atoms with Crippen LogP contribution in [0.2, 0.25) is 0 Å². The third-order valence-electron chi connectivity index (χ3n) is 2.03. The van der Waals surface area contributed by atoms with Gasteiger partial charge in [-0.15, -0.1) is 0 Å². The number of aryl methyl sites for hydroxylation is 1. The van der Waals surface area contributed by atoms with Crippen molar-refractivity contribution in [2.24, 2.45) is 0 Å². The molecule has 0 aliphatic carbocycles. The van der Waals surface area contributed by atoms with E-state index in [9.17, 15) is 18.0 Å². The van der Waals surface area contributed by atoms with Gasteiger partial charge in [-0.3, -0.25) is 9.63 Å². The van der Waals surface area contributed by atoms with E-state index in [0.29, 0.717) is 0 Å². The van der Waals surface area contributed by atoms with Crippen molar-refractivity contribution < 1.29 is 22.8 Å². The molecule has 1 amide bonds. The molecule has 0 aliphatic heterocycles. The maximum absolute atomic E-state index is 11.7. The Morgan fingerprint density at radius 2 is 1.88 bits per heavy atom. The van der Waals surface area contributed by atoms with Gasteiger partial charge in [0.1, 0.15) is 0 Å².